The summed E-state index contributed by atoms with van der Waals surface area (Å²) >= 11 is 0. The lowest BCUT2D eigenvalue weighted by molar-refractivity contribution is -0.757. The smallest absolute Gasteiger partial charge is 0.320 e. The summed E-state index contributed by atoms with van der Waals surface area (Å²) in [5, 5.41) is 30.4. The number of carboxylic acid groups (broad SMARTS) is 1. The summed E-state index contributed by atoms with van der Waals surface area (Å²) in [5.74, 6) is -1.20. The Hall–Kier alpha value is -2.17. The highest BCUT2D eigenvalue weighted by Gasteiger charge is 2.11. The molecule has 88 valence electrons. The van der Waals surface area contributed by atoms with Gasteiger partial charge in [-0.05, 0) is 6.42 Å². The first-order chi connectivity index (χ1) is 6.77. The van der Waals surface area contributed by atoms with Crippen molar-refractivity contribution in [2.45, 2.75) is 12.5 Å². The lowest BCUT2D eigenvalue weighted by Crippen LogP contribution is -2.31. The molecule has 0 aromatic rings. The number of rotatable bonds is 5. The first-order valence-corrected chi connectivity index (χ1v) is 3.36. The van der Waals surface area contributed by atoms with Crippen LogP contribution < -0.4 is 5.73 Å². The van der Waals surface area contributed by atoms with E-state index in [1.165, 1.54) is 0 Å². The van der Waals surface area contributed by atoms with Crippen LogP contribution in [-0.4, -0.2) is 39.1 Å². The van der Waals surface area contributed by atoms with E-state index in [1.54, 1.807) is 0 Å². The second-order valence-corrected chi connectivity index (χ2v) is 2.03. The van der Waals surface area contributed by atoms with E-state index in [0.717, 1.165) is 0 Å². The molecule has 0 fully saturated rings. The predicted octanol–water partition coefficient (Wildman–Crippen LogP) is -1.35. The van der Waals surface area contributed by atoms with Crippen molar-refractivity contribution >= 4 is 5.97 Å². The molecule has 0 aromatic heterocycles. The summed E-state index contributed by atoms with van der Waals surface area (Å²) in [7, 11) is 0. The van der Waals surface area contributed by atoms with Crippen LogP contribution in [0, 0.1) is 20.2 Å². The highest BCUT2D eigenvalue weighted by molar-refractivity contribution is 5.72. The van der Waals surface area contributed by atoms with Crippen LogP contribution >= 0.6 is 0 Å². The normalized spacial score (nSPS) is 10.5. The Balaban J connectivity index is 0. The fourth-order valence-electron chi connectivity index (χ4n) is 0.378. The van der Waals surface area contributed by atoms with E-state index < -0.39 is 22.2 Å². The maximum atomic E-state index is 10.0. The van der Waals surface area contributed by atoms with E-state index in [4.69, 9.17) is 26.2 Å². The van der Waals surface area contributed by atoms with Crippen molar-refractivity contribution < 1.29 is 30.1 Å². The quantitative estimate of drug-likeness (QED) is 0.377. The van der Waals surface area contributed by atoms with Crippen LogP contribution in [0.25, 0.3) is 0 Å². The van der Waals surface area contributed by atoms with Crippen molar-refractivity contribution in [3.05, 3.63) is 20.2 Å². The van der Waals surface area contributed by atoms with Gasteiger partial charge in [0.05, 0.1) is 6.61 Å². The van der Waals surface area contributed by atoms with E-state index in [0.29, 0.717) is 0 Å². The number of carboxylic acids is 1. The third kappa shape index (κ3) is 18.6. The Bertz CT molecular complexity index is 226. The molecule has 0 aliphatic rings. The molecule has 11 nitrogen and oxygen atoms in total. The van der Waals surface area contributed by atoms with Crippen LogP contribution in [0.2, 0.25) is 0 Å². The molecule has 11 heteroatoms. The van der Waals surface area contributed by atoms with Crippen LogP contribution in [-0.2, 0) is 9.63 Å². The van der Waals surface area contributed by atoms with Crippen LogP contribution in [0.5, 0.6) is 0 Å². The third-order valence-electron chi connectivity index (χ3n) is 0.943. The predicted molar refractivity (Wildman–Crippen MR) is 42.0 cm³/mol. The van der Waals surface area contributed by atoms with Gasteiger partial charge >= 0.3 is 5.97 Å². The fraction of sp³-hybridized carbons (Fsp3) is 0.750. The number of carbonyl (C=O) groups is 1. The zero-order valence-corrected chi connectivity index (χ0v) is 7.31. The average molecular weight is 227 g/mol. The van der Waals surface area contributed by atoms with Gasteiger partial charge in [0.2, 0.25) is 0 Å². The highest BCUT2D eigenvalue weighted by Crippen LogP contribution is 1.89. The van der Waals surface area contributed by atoms with Crippen molar-refractivity contribution in [3.8, 4) is 0 Å². The van der Waals surface area contributed by atoms with Gasteiger partial charge in [0.1, 0.15) is 6.04 Å². The molecule has 0 aliphatic carbocycles. The number of hydrogen-bond acceptors (Lipinski definition) is 7. The largest absolute Gasteiger partial charge is 0.480 e. The van der Waals surface area contributed by atoms with E-state index in [-0.39, 0.29) is 13.0 Å². The maximum absolute atomic E-state index is 10.0. The monoisotopic (exact) mass is 227 g/mol. The van der Waals surface area contributed by atoms with Crippen LogP contribution in [0.4, 0.5) is 0 Å². The molecular formula is C4H9N3O8. The third-order valence-corrected chi connectivity index (χ3v) is 0.943. The second-order valence-electron chi connectivity index (χ2n) is 2.03. The maximum Gasteiger partial charge on any atom is 0.320 e. The number of nitrogens with zero attached hydrogens (tertiary/aromatic N) is 2. The summed E-state index contributed by atoms with van der Waals surface area (Å²) < 4.78 is 0. The van der Waals surface area contributed by atoms with Gasteiger partial charge < -0.3 is 20.9 Å². The summed E-state index contributed by atoms with van der Waals surface area (Å²) in [5.41, 5.74) is 5.00. The molecular weight excluding hydrogens is 218 g/mol. The van der Waals surface area contributed by atoms with Crippen molar-refractivity contribution in [2.24, 2.45) is 5.73 Å². The summed E-state index contributed by atoms with van der Waals surface area (Å²) in [4.78, 5) is 31.8. The van der Waals surface area contributed by atoms with E-state index in [1.807, 2.05) is 0 Å². The van der Waals surface area contributed by atoms with Crippen molar-refractivity contribution in [1.82, 2.24) is 0 Å². The second kappa shape index (κ2) is 8.43. The van der Waals surface area contributed by atoms with Crippen LogP contribution in [0.15, 0.2) is 0 Å². The standard InChI is InChI=1S/C4H8N2O5.HNO3/c5-3(4(7)8)1-2-11-6(9)10;2-1(3)4/h3H,1-2,5H2,(H,7,8);(H,2,3,4)/t3-;/m0./s1. The Morgan fingerprint density at radius 2 is 1.87 bits per heavy atom. The zero-order chi connectivity index (χ0) is 12.4. The first-order valence-electron chi connectivity index (χ1n) is 3.36. The summed E-state index contributed by atoms with van der Waals surface area (Å²) in [6, 6.07) is -1.10. The minimum Gasteiger partial charge on any atom is -0.480 e. The Morgan fingerprint density at radius 3 is 2.13 bits per heavy atom. The number of nitrogens with two attached hydrogens (primary N) is 1. The van der Waals surface area contributed by atoms with Gasteiger partial charge in [0.25, 0.3) is 10.2 Å². The van der Waals surface area contributed by atoms with Crippen molar-refractivity contribution in [2.75, 3.05) is 6.61 Å². The van der Waals surface area contributed by atoms with Crippen molar-refractivity contribution in [3.63, 3.8) is 0 Å². The SMILES string of the molecule is N[C@@H](CCO[N+](=O)[O-])C(=O)O.O=[N+]([O-])O. The molecule has 0 heterocycles. The Morgan fingerprint density at radius 1 is 1.47 bits per heavy atom. The average Bonchev–Trinajstić information content (AvgIpc) is 2.01. The molecule has 15 heavy (non-hydrogen) atoms. The van der Waals surface area contributed by atoms with E-state index in [2.05, 4.69) is 4.84 Å². The van der Waals surface area contributed by atoms with Crippen molar-refractivity contribution in [1.29, 1.82) is 0 Å². The molecule has 0 amide bonds. The van der Waals surface area contributed by atoms with Gasteiger partial charge in [-0.1, -0.05) is 0 Å². The molecule has 0 saturated carbocycles. The molecule has 0 rings (SSSR count). The zero-order valence-electron chi connectivity index (χ0n) is 7.31. The van der Waals surface area contributed by atoms with E-state index in [9.17, 15) is 14.9 Å². The lowest BCUT2D eigenvalue weighted by Gasteiger charge is -2.03. The molecule has 1 atom stereocenters. The van der Waals surface area contributed by atoms with Gasteiger partial charge in [-0.15, -0.1) is 20.2 Å². The Kier molecular flexibility index (Phi) is 8.60. The Labute approximate surface area is 82.3 Å². The summed E-state index contributed by atoms with van der Waals surface area (Å²) in [6.07, 6.45) is -0.0731. The van der Waals surface area contributed by atoms with E-state index >= 15 is 0 Å². The minimum absolute atomic E-state index is 0.0731. The fourth-order valence-corrected chi connectivity index (χ4v) is 0.378. The molecule has 4 N–H and O–H groups in total. The van der Waals surface area contributed by atoms with Crippen LogP contribution in [0.3, 0.4) is 0 Å². The molecule has 0 unspecified atom stereocenters. The molecule has 0 spiro atoms. The molecule has 0 saturated heterocycles. The minimum atomic E-state index is -1.50. The number of aliphatic carboxylic acids is 1. The van der Waals surface area contributed by atoms with Gasteiger partial charge in [-0.3, -0.25) is 4.79 Å². The highest BCUT2D eigenvalue weighted by atomic mass is 16.9. The van der Waals surface area contributed by atoms with Gasteiger partial charge in [-0.25, -0.2) is 0 Å². The molecule has 0 aromatic carbocycles. The first kappa shape index (κ1) is 15.3. The van der Waals surface area contributed by atoms with Gasteiger partial charge in [0, 0.05) is 0 Å². The molecule has 0 bridgehead atoms. The molecule has 0 aliphatic heterocycles. The number of hydrogen-bond donors (Lipinski definition) is 3. The van der Waals surface area contributed by atoms with Gasteiger partial charge in [0.15, 0.2) is 0 Å². The van der Waals surface area contributed by atoms with Gasteiger partial charge in [-0.2, -0.15) is 0 Å². The lowest BCUT2D eigenvalue weighted by atomic mass is 10.2. The topological polar surface area (TPSA) is 179 Å². The molecule has 0 radical (unpaired) electrons. The van der Waals surface area contributed by atoms with Crippen LogP contribution in [0.1, 0.15) is 6.42 Å². The summed E-state index contributed by atoms with van der Waals surface area (Å²) in [6.45, 7) is -0.291.